The van der Waals surface area contributed by atoms with Crippen LogP contribution in [0.15, 0.2) is 18.6 Å². The van der Waals surface area contributed by atoms with Crippen molar-refractivity contribution >= 4 is 11.7 Å². The molecule has 1 spiro atoms. The minimum Gasteiger partial charge on any atom is -0.368 e. The second kappa shape index (κ2) is 6.31. The van der Waals surface area contributed by atoms with Crippen LogP contribution in [0, 0.1) is 5.41 Å². The van der Waals surface area contributed by atoms with Crippen molar-refractivity contribution in [2.45, 2.75) is 50.7 Å². The number of nitrogens with zero attached hydrogens (tertiary/aromatic N) is 4. The van der Waals surface area contributed by atoms with Gasteiger partial charge in [-0.25, -0.2) is 9.97 Å². The van der Waals surface area contributed by atoms with E-state index >= 15 is 0 Å². The Labute approximate surface area is 143 Å². The van der Waals surface area contributed by atoms with E-state index in [0.29, 0.717) is 11.5 Å². The Bertz CT molecular complexity index is 582. The van der Waals surface area contributed by atoms with Crippen molar-refractivity contribution in [3.8, 4) is 0 Å². The smallest absolute Gasteiger partial charge is 0.251 e. The fourth-order valence-corrected chi connectivity index (χ4v) is 4.49. The first-order chi connectivity index (χ1) is 11.7. The largest absolute Gasteiger partial charge is 0.368 e. The quantitative estimate of drug-likeness (QED) is 0.847. The molecule has 2 saturated heterocycles. The first-order valence-electron chi connectivity index (χ1n) is 9.06. The van der Waals surface area contributed by atoms with Crippen molar-refractivity contribution in [1.29, 1.82) is 0 Å². The Morgan fingerprint density at radius 3 is 3.00 bits per heavy atom. The van der Waals surface area contributed by atoms with Crippen LogP contribution in [0.5, 0.6) is 0 Å². The SMILES string of the molecule is CN(c1ccncn1)C1CC2(CCN(C(=O)[C@@H]3CCCCO3)C2)C1. The summed E-state index contributed by atoms with van der Waals surface area (Å²) in [5.41, 5.74) is 0.316. The average molecular weight is 330 g/mol. The summed E-state index contributed by atoms with van der Waals surface area (Å²) in [4.78, 5) is 25.3. The minimum atomic E-state index is -0.187. The van der Waals surface area contributed by atoms with E-state index in [0.717, 1.165) is 64.0 Å². The molecule has 0 N–H and O–H groups in total. The molecule has 3 fully saturated rings. The first kappa shape index (κ1) is 15.8. The second-order valence-electron chi connectivity index (χ2n) is 7.61. The van der Waals surface area contributed by atoms with Gasteiger partial charge in [0.25, 0.3) is 5.91 Å². The highest BCUT2D eigenvalue weighted by Crippen LogP contribution is 2.50. The lowest BCUT2D eigenvalue weighted by Gasteiger charge is -2.49. The van der Waals surface area contributed by atoms with E-state index in [4.69, 9.17) is 4.74 Å². The van der Waals surface area contributed by atoms with Crippen molar-refractivity contribution < 1.29 is 9.53 Å². The highest BCUT2D eigenvalue weighted by molar-refractivity contribution is 5.81. The first-order valence-corrected chi connectivity index (χ1v) is 9.06. The van der Waals surface area contributed by atoms with Crippen LogP contribution in [0.1, 0.15) is 38.5 Å². The van der Waals surface area contributed by atoms with Crippen LogP contribution in [0.4, 0.5) is 5.82 Å². The molecule has 3 heterocycles. The van der Waals surface area contributed by atoms with Crippen LogP contribution in [0.2, 0.25) is 0 Å². The molecule has 0 radical (unpaired) electrons. The maximum Gasteiger partial charge on any atom is 0.251 e. The molecule has 1 aromatic heterocycles. The van der Waals surface area contributed by atoms with E-state index in [9.17, 15) is 4.79 Å². The highest BCUT2D eigenvalue weighted by Gasteiger charge is 2.51. The minimum absolute atomic E-state index is 0.187. The van der Waals surface area contributed by atoms with Crippen LogP contribution in [0.25, 0.3) is 0 Å². The van der Waals surface area contributed by atoms with Crippen molar-refractivity contribution in [3.63, 3.8) is 0 Å². The standard InChI is InChI=1S/C18H26N4O2/c1-21(16-5-7-19-13-20-16)14-10-18(11-14)6-8-22(12-18)17(23)15-4-2-3-9-24-15/h5,7,13-15H,2-4,6,8-12H2,1H3/t14?,15-,18?/m0/s1. The lowest BCUT2D eigenvalue weighted by atomic mass is 9.64. The van der Waals surface area contributed by atoms with Crippen molar-refractivity contribution in [2.24, 2.45) is 5.41 Å². The molecule has 24 heavy (non-hydrogen) atoms. The summed E-state index contributed by atoms with van der Waals surface area (Å²) in [6.07, 6.45) is 9.69. The Morgan fingerprint density at radius 2 is 2.29 bits per heavy atom. The van der Waals surface area contributed by atoms with Gasteiger partial charge in [-0.05, 0) is 50.0 Å². The van der Waals surface area contributed by atoms with Gasteiger partial charge in [-0.1, -0.05) is 0 Å². The molecule has 1 saturated carbocycles. The summed E-state index contributed by atoms with van der Waals surface area (Å²) < 4.78 is 5.68. The Hall–Kier alpha value is -1.69. The highest BCUT2D eigenvalue weighted by atomic mass is 16.5. The van der Waals surface area contributed by atoms with Crippen LogP contribution >= 0.6 is 0 Å². The Balaban J connectivity index is 1.32. The number of rotatable bonds is 3. The van der Waals surface area contributed by atoms with Crippen molar-refractivity contribution in [3.05, 3.63) is 18.6 Å². The Kier molecular flexibility index (Phi) is 4.16. The van der Waals surface area contributed by atoms with Gasteiger partial charge in [-0.2, -0.15) is 0 Å². The molecule has 4 rings (SSSR count). The molecule has 6 heteroatoms. The van der Waals surface area contributed by atoms with Gasteiger partial charge in [-0.3, -0.25) is 4.79 Å². The van der Waals surface area contributed by atoms with Gasteiger partial charge < -0.3 is 14.5 Å². The van der Waals surface area contributed by atoms with Crippen molar-refractivity contribution in [1.82, 2.24) is 14.9 Å². The van der Waals surface area contributed by atoms with Gasteiger partial charge in [-0.15, -0.1) is 0 Å². The fourth-order valence-electron chi connectivity index (χ4n) is 4.49. The zero-order valence-electron chi connectivity index (χ0n) is 14.4. The van der Waals surface area contributed by atoms with Crippen LogP contribution in [-0.2, 0) is 9.53 Å². The molecule has 0 unspecified atom stereocenters. The average Bonchev–Trinajstić information content (AvgIpc) is 3.06. The number of hydrogen-bond donors (Lipinski definition) is 0. The molecule has 130 valence electrons. The maximum atomic E-state index is 12.6. The van der Waals surface area contributed by atoms with Crippen molar-refractivity contribution in [2.75, 3.05) is 31.6 Å². The molecule has 0 aromatic carbocycles. The third-order valence-electron chi connectivity index (χ3n) is 6.02. The zero-order chi connectivity index (χ0) is 16.6. The number of carbonyl (C=O) groups excluding carboxylic acids is 1. The van der Waals surface area contributed by atoms with E-state index in [1.165, 1.54) is 0 Å². The molecule has 1 atom stereocenters. The van der Waals surface area contributed by atoms with E-state index in [1.807, 2.05) is 6.07 Å². The summed E-state index contributed by atoms with van der Waals surface area (Å²) in [7, 11) is 2.10. The number of likely N-dealkylation sites (tertiary alicyclic amines) is 1. The van der Waals surface area contributed by atoms with Gasteiger partial charge in [0.1, 0.15) is 18.2 Å². The van der Waals surface area contributed by atoms with Crippen LogP contribution < -0.4 is 4.90 Å². The molecule has 1 aliphatic carbocycles. The van der Waals surface area contributed by atoms with E-state index in [-0.39, 0.29) is 12.0 Å². The number of carbonyl (C=O) groups is 1. The summed E-state index contributed by atoms with van der Waals surface area (Å²) in [6, 6.07) is 2.47. The number of hydrogen-bond acceptors (Lipinski definition) is 5. The van der Waals surface area contributed by atoms with E-state index in [1.54, 1.807) is 12.5 Å². The van der Waals surface area contributed by atoms with Gasteiger partial charge in [0, 0.05) is 39.0 Å². The zero-order valence-corrected chi connectivity index (χ0v) is 14.4. The third-order valence-corrected chi connectivity index (χ3v) is 6.02. The molecular formula is C18H26N4O2. The monoisotopic (exact) mass is 330 g/mol. The predicted octanol–water partition coefficient (Wildman–Crippen LogP) is 1.86. The fraction of sp³-hybridized carbons (Fsp3) is 0.722. The number of amides is 1. The third kappa shape index (κ3) is 2.88. The van der Waals surface area contributed by atoms with Crippen LogP contribution in [0.3, 0.4) is 0 Å². The van der Waals surface area contributed by atoms with Gasteiger partial charge >= 0.3 is 0 Å². The molecule has 1 amide bonds. The molecule has 6 nitrogen and oxygen atoms in total. The molecular weight excluding hydrogens is 304 g/mol. The van der Waals surface area contributed by atoms with Crippen LogP contribution in [-0.4, -0.2) is 59.7 Å². The summed E-state index contributed by atoms with van der Waals surface area (Å²) in [6.45, 7) is 2.53. The number of anilines is 1. The normalized spacial score (nSPS) is 32.6. The van der Waals surface area contributed by atoms with Gasteiger partial charge in [0.15, 0.2) is 0 Å². The summed E-state index contributed by atoms with van der Waals surface area (Å²) >= 11 is 0. The summed E-state index contributed by atoms with van der Waals surface area (Å²) in [5, 5.41) is 0. The van der Waals surface area contributed by atoms with E-state index < -0.39 is 0 Å². The second-order valence-corrected chi connectivity index (χ2v) is 7.61. The molecule has 2 aliphatic heterocycles. The predicted molar refractivity (Wildman–Crippen MR) is 90.7 cm³/mol. The van der Waals surface area contributed by atoms with Gasteiger partial charge in [0.05, 0.1) is 0 Å². The maximum absolute atomic E-state index is 12.6. The Morgan fingerprint density at radius 1 is 1.42 bits per heavy atom. The topological polar surface area (TPSA) is 58.6 Å². The molecule has 1 aromatic rings. The number of aromatic nitrogens is 2. The molecule has 3 aliphatic rings. The van der Waals surface area contributed by atoms with E-state index in [2.05, 4.69) is 26.8 Å². The lowest BCUT2D eigenvalue weighted by Crippen LogP contribution is -2.52. The lowest BCUT2D eigenvalue weighted by molar-refractivity contribution is -0.146. The summed E-state index contributed by atoms with van der Waals surface area (Å²) in [5.74, 6) is 1.20. The number of ether oxygens (including phenoxy) is 1. The van der Waals surface area contributed by atoms with Gasteiger partial charge in [0.2, 0.25) is 0 Å². The molecule has 0 bridgehead atoms.